The number of aromatic nitrogens is 1. The summed E-state index contributed by atoms with van der Waals surface area (Å²) < 4.78 is 3.11. The first-order valence-corrected chi connectivity index (χ1v) is 8.04. The monoisotopic (exact) mass is 372 g/mol. The van der Waals surface area contributed by atoms with E-state index in [0.29, 0.717) is 0 Å². The summed E-state index contributed by atoms with van der Waals surface area (Å²) in [5.41, 5.74) is 4.02. The molecule has 0 bridgehead atoms. The predicted molar refractivity (Wildman–Crippen MR) is 96.9 cm³/mol. The summed E-state index contributed by atoms with van der Waals surface area (Å²) in [6, 6.07) is 18.0. The van der Waals surface area contributed by atoms with Crippen molar-refractivity contribution >= 4 is 39.4 Å². The maximum atomic E-state index is 6.22. The minimum Gasteiger partial charge on any atom is -0.316 e. The molecule has 2 aromatic carbocycles. The van der Waals surface area contributed by atoms with E-state index >= 15 is 0 Å². The first kappa shape index (κ1) is 15.1. The van der Waals surface area contributed by atoms with Crippen molar-refractivity contribution in [1.82, 2.24) is 4.57 Å². The molecule has 0 spiro atoms. The van der Waals surface area contributed by atoms with Gasteiger partial charge in [-0.25, -0.2) is 0 Å². The van der Waals surface area contributed by atoms with Gasteiger partial charge in [0.25, 0.3) is 0 Å². The van der Waals surface area contributed by atoms with E-state index in [1.165, 1.54) is 0 Å². The number of hydrogen-bond donors (Lipinski definition) is 0. The summed E-state index contributed by atoms with van der Waals surface area (Å²) in [6.07, 6.45) is 3.86. The van der Waals surface area contributed by atoms with Crippen LogP contribution in [0.2, 0.25) is 5.02 Å². The lowest BCUT2D eigenvalue weighted by atomic mass is 10.2. The Morgan fingerprint density at radius 1 is 1.09 bits per heavy atom. The molecular weight excluding hydrogens is 360 g/mol. The number of nitrogens with zero attached hydrogens (tertiary/aromatic N) is 2. The van der Waals surface area contributed by atoms with Gasteiger partial charge < -0.3 is 4.57 Å². The molecule has 0 saturated carbocycles. The van der Waals surface area contributed by atoms with Crippen molar-refractivity contribution in [3.8, 4) is 5.69 Å². The van der Waals surface area contributed by atoms with E-state index in [-0.39, 0.29) is 0 Å². The van der Waals surface area contributed by atoms with Gasteiger partial charge in [0.15, 0.2) is 0 Å². The second kappa shape index (κ2) is 6.51. The molecule has 1 aromatic heterocycles. The second-order valence-corrected chi connectivity index (χ2v) is 6.29. The Bertz CT molecular complexity index is 819. The van der Waals surface area contributed by atoms with Gasteiger partial charge >= 0.3 is 0 Å². The van der Waals surface area contributed by atoms with E-state index in [1.54, 1.807) is 0 Å². The SMILES string of the molecule is Cc1ccc(-n2cccc2C=Nc2ccc(Br)cc2)cc1Cl. The number of aryl methyl sites for hydroxylation is 1. The maximum Gasteiger partial charge on any atom is 0.0639 e. The summed E-state index contributed by atoms with van der Waals surface area (Å²) in [5.74, 6) is 0. The van der Waals surface area contributed by atoms with E-state index in [1.807, 2.05) is 67.9 Å². The van der Waals surface area contributed by atoms with Crippen LogP contribution in [-0.4, -0.2) is 10.8 Å². The Labute approximate surface area is 143 Å². The van der Waals surface area contributed by atoms with Crippen LogP contribution < -0.4 is 0 Å². The largest absolute Gasteiger partial charge is 0.316 e. The molecule has 0 radical (unpaired) electrons. The second-order valence-electron chi connectivity index (χ2n) is 4.97. The number of halogens is 2. The van der Waals surface area contributed by atoms with E-state index in [4.69, 9.17) is 11.6 Å². The molecule has 0 aliphatic heterocycles. The van der Waals surface area contributed by atoms with Crippen molar-refractivity contribution < 1.29 is 0 Å². The normalized spacial score (nSPS) is 11.2. The Morgan fingerprint density at radius 3 is 2.59 bits per heavy atom. The van der Waals surface area contributed by atoms with Gasteiger partial charge in [-0.2, -0.15) is 0 Å². The maximum absolute atomic E-state index is 6.22. The number of hydrogen-bond acceptors (Lipinski definition) is 1. The van der Waals surface area contributed by atoms with Crippen LogP contribution in [0.3, 0.4) is 0 Å². The highest BCUT2D eigenvalue weighted by Crippen LogP contribution is 2.21. The third kappa shape index (κ3) is 3.32. The van der Waals surface area contributed by atoms with Crippen LogP contribution in [0.4, 0.5) is 5.69 Å². The molecule has 3 rings (SSSR count). The molecule has 3 aromatic rings. The van der Waals surface area contributed by atoms with Crippen LogP contribution in [0.25, 0.3) is 5.69 Å². The van der Waals surface area contributed by atoms with E-state index in [9.17, 15) is 0 Å². The first-order valence-electron chi connectivity index (χ1n) is 6.87. The number of aliphatic imine (C=N–C) groups is 1. The van der Waals surface area contributed by atoms with Crippen molar-refractivity contribution in [2.45, 2.75) is 6.92 Å². The minimum absolute atomic E-state index is 0.766. The van der Waals surface area contributed by atoms with Crippen LogP contribution >= 0.6 is 27.5 Å². The summed E-state index contributed by atoms with van der Waals surface area (Å²) in [5, 5.41) is 0.766. The highest BCUT2D eigenvalue weighted by Gasteiger charge is 2.03. The van der Waals surface area contributed by atoms with Crippen molar-refractivity contribution in [2.75, 3.05) is 0 Å². The number of rotatable bonds is 3. The highest BCUT2D eigenvalue weighted by molar-refractivity contribution is 9.10. The molecular formula is C18H14BrClN2. The fourth-order valence-electron chi connectivity index (χ4n) is 2.13. The molecule has 0 aliphatic carbocycles. The molecule has 0 saturated heterocycles. The Kier molecular flexibility index (Phi) is 4.46. The third-order valence-electron chi connectivity index (χ3n) is 3.39. The van der Waals surface area contributed by atoms with Crippen molar-refractivity contribution in [1.29, 1.82) is 0 Å². The molecule has 22 heavy (non-hydrogen) atoms. The molecule has 110 valence electrons. The molecule has 0 unspecified atom stereocenters. The van der Waals surface area contributed by atoms with E-state index in [2.05, 4.69) is 31.6 Å². The van der Waals surface area contributed by atoms with Gasteiger partial charge in [0.1, 0.15) is 0 Å². The fourth-order valence-corrected chi connectivity index (χ4v) is 2.57. The molecule has 0 amide bonds. The summed E-state index contributed by atoms with van der Waals surface area (Å²) >= 11 is 9.64. The lowest BCUT2D eigenvalue weighted by Crippen LogP contribution is -1.98. The van der Waals surface area contributed by atoms with Crippen molar-refractivity contribution in [3.63, 3.8) is 0 Å². The predicted octanol–water partition coefficient (Wildman–Crippen LogP) is 5.95. The lowest BCUT2D eigenvalue weighted by molar-refractivity contribution is 1.06. The zero-order valence-corrected chi connectivity index (χ0v) is 14.3. The zero-order chi connectivity index (χ0) is 15.5. The molecule has 4 heteroatoms. The Hall–Kier alpha value is -1.84. The van der Waals surface area contributed by atoms with Gasteiger partial charge in [-0.15, -0.1) is 0 Å². The summed E-state index contributed by atoms with van der Waals surface area (Å²) in [4.78, 5) is 4.52. The van der Waals surface area contributed by atoms with Gasteiger partial charge in [0.05, 0.1) is 17.6 Å². The van der Waals surface area contributed by atoms with Gasteiger partial charge in [-0.05, 0) is 61.0 Å². The average Bonchev–Trinajstić information content (AvgIpc) is 2.98. The van der Waals surface area contributed by atoms with Gasteiger partial charge in [0.2, 0.25) is 0 Å². The molecule has 0 N–H and O–H groups in total. The number of benzene rings is 2. The van der Waals surface area contributed by atoms with Gasteiger partial charge in [-0.3, -0.25) is 4.99 Å². The van der Waals surface area contributed by atoms with Crippen molar-refractivity contribution in [3.05, 3.63) is 81.5 Å². The van der Waals surface area contributed by atoms with Crippen LogP contribution in [-0.2, 0) is 0 Å². The highest BCUT2D eigenvalue weighted by atomic mass is 79.9. The summed E-state index contributed by atoms with van der Waals surface area (Å²) in [6.45, 7) is 2.00. The van der Waals surface area contributed by atoms with Crippen LogP contribution in [0.5, 0.6) is 0 Å². The standard InChI is InChI=1S/C18H14BrClN2/c1-13-4-9-16(11-18(13)20)22-10-2-3-17(22)12-21-15-7-5-14(19)6-8-15/h2-12H,1H3. The lowest BCUT2D eigenvalue weighted by Gasteiger charge is -2.08. The quantitative estimate of drug-likeness (QED) is 0.505. The zero-order valence-electron chi connectivity index (χ0n) is 12.0. The van der Waals surface area contributed by atoms with Crippen molar-refractivity contribution in [2.24, 2.45) is 4.99 Å². The van der Waals surface area contributed by atoms with Gasteiger partial charge in [-0.1, -0.05) is 33.6 Å². The Balaban J connectivity index is 1.91. The molecule has 1 heterocycles. The molecule has 0 aliphatic rings. The molecule has 0 atom stereocenters. The Morgan fingerprint density at radius 2 is 1.86 bits per heavy atom. The average molecular weight is 374 g/mol. The molecule has 2 nitrogen and oxygen atoms in total. The third-order valence-corrected chi connectivity index (χ3v) is 4.32. The van der Waals surface area contributed by atoms with Gasteiger partial charge in [0, 0.05) is 21.4 Å². The fraction of sp³-hybridized carbons (Fsp3) is 0.0556. The van der Waals surface area contributed by atoms with E-state index in [0.717, 1.165) is 32.1 Å². The molecule has 0 fully saturated rings. The van der Waals surface area contributed by atoms with Crippen LogP contribution in [0.1, 0.15) is 11.3 Å². The van der Waals surface area contributed by atoms with Crippen LogP contribution in [0, 0.1) is 6.92 Å². The minimum atomic E-state index is 0.766. The topological polar surface area (TPSA) is 17.3 Å². The summed E-state index contributed by atoms with van der Waals surface area (Å²) in [7, 11) is 0. The van der Waals surface area contributed by atoms with Crippen LogP contribution in [0.15, 0.2) is 70.3 Å². The first-order chi connectivity index (χ1) is 10.6. The smallest absolute Gasteiger partial charge is 0.0639 e. The van der Waals surface area contributed by atoms with E-state index < -0.39 is 0 Å².